The van der Waals surface area contributed by atoms with Crippen molar-refractivity contribution in [3.63, 3.8) is 0 Å². The van der Waals surface area contributed by atoms with Gasteiger partial charge >= 0.3 is 6.18 Å². The minimum Gasteiger partial charge on any atom is -0.382 e. The van der Waals surface area contributed by atoms with E-state index in [2.05, 4.69) is 20.6 Å². The molecule has 0 unspecified atom stereocenters. The summed E-state index contributed by atoms with van der Waals surface area (Å²) >= 11 is 7.60. The van der Waals surface area contributed by atoms with Crippen molar-refractivity contribution in [1.29, 1.82) is 0 Å². The molecule has 1 fully saturated rings. The summed E-state index contributed by atoms with van der Waals surface area (Å²) in [5.74, 6) is 0.00111. The molecular weight excluding hydrogens is 461 g/mol. The molecule has 0 saturated heterocycles. The lowest BCUT2D eigenvalue weighted by Crippen LogP contribution is -2.40. The summed E-state index contributed by atoms with van der Waals surface area (Å²) < 4.78 is 40.0. The molecule has 0 atom stereocenters. The normalized spacial score (nSPS) is 19.1. The molecule has 2 aromatic heterocycles. The fraction of sp³-hybridized carbons (Fsp3) is 0.409. The largest absolute Gasteiger partial charge is 0.433 e. The van der Waals surface area contributed by atoms with Crippen LogP contribution in [0.25, 0.3) is 10.9 Å². The molecule has 5 nitrogen and oxygen atoms in total. The fourth-order valence-corrected chi connectivity index (χ4v) is 4.75. The molecule has 0 bridgehead atoms. The van der Waals surface area contributed by atoms with Crippen LogP contribution in [0.5, 0.6) is 0 Å². The summed E-state index contributed by atoms with van der Waals surface area (Å²) in [7, 11) is 0. The third kappa shape index (κ3) is 5.69. The van der Waals surface area contributed by atoms with E-state index in [4.69, 9.17) is 11.6 Å². The molecule has 0 radical (unpaired) electrons. The highest BCUT2D eigenvalue weighted by Crippen LogP contribution is 2.35. The van der Waals surface area contributed by atoms with Crippen LogP contribution in [0.3, 0.4) is 0 Å². The number of aromatic nitrogens is 2. The highest BCUT2D eigenvalue weighted by molar-refractivity contribution is 7.09. The zero-order chi connectivity index (χ0) is 22.7. The maximum absolute atomic E-state index is 13.3. The quantitative estimate of drug-likeness (QED) is 0.463. The van der Waals surface area contributed by atoms with Gasteiger partial charge in [0.2, 0.25) is 5.91 Å². The van der Waals surface area contributed by atoms with Gasteiger partial charge in [-0.25, -0.2) is 9.97 Å². The molecule has 2 heterocycles. The first-order valence-corrected chi connectivity index (χ1v) is 11.7. The number of halogens is 4. The van der Waals surface area contributed by atoms with Crippen molar-refractivity contribution in [1.82, 2.24) is 15.3 Å². The van der Waals surface area contributed by atoms with Gasteiger partial charge in [-0.2, -0.15) is 13.2 Å². The van der Waals surface area contributed by atoms with E-state index in [1.54, 1.807) is 12.3 Å². The zero-order valence-electron chi connectivity index (χ0n) is 17.1. The molecule has 0 aliphatic heterocycles. The lowest BCUT2D eigenvalue weighted by molar-refractivity contribution is -0.140. The summed E-state index contributed by atoms with van der Waals surface area (Å²) in [5, 5.41) is 10.2. The van der Waals surface area contributed by atoms with Crippen LogP contribution in [-0.4, -0.2) is 28.0 Å². The molecule has 1 aliphatic rings. The number of carbonyl (C=O) groups is 1. The number of pyridine rings is 1. The Morgan fingerprint density at radius 3 is 2.59 bits per heavy atom. The Labute approximate surface area is 192 Å². The third-order valence-electron chi connectivity index (χ3n) is 5.56. The van der Waals surface area contributed by atoms with Gasteiger partial charge in [0.1, 0.15) is 5.69 Å². The van der Waals surface area contributed by atoms with Crippen LogP contribution < -0.4 is 10.6 Å². The summed E-state index contributed by atoms with van der Waals surface area (Å²) in [6.45, 7) is 0. The predicted molar refractivity (Wildman–Crippen MR) is 120 cm³/mol. The van der Waals surface area contributed by atoms with Crippen LogP contribution >= 0.6 is 22.9 Å². The van der Waals surface area contributed by atoms with Gasteiger partial charge in [-0.1, -0.05) is 11.6 Å². The first-order chi connectivity index (χ1) is 15.3. The number of aryl methyl sites for hydroxylation is 1. The minimum absolute atomic E-state index is 0.00111. The number of amides is 1. The average molecular weight is 483 g/mol. The molecule has 32 heavy (non-hydrogen) atoms. The van der Waals surface area contributed by atoms with E-state index in [0.717, 1.165) is 36.8 Å². The van der Waals surface area contributed by atoms with E-state index in [0.29, 0.717) is 28.9 Å². The number of anilines is 1. The number of hydrogen-bond acceptors (Lipinski definition) is 5. The number of nitrogens with one attached hydrogen (secondary N) is 2. The second kappa shape index (κ2) is 9.62. The van der Waals surface area contributed by atoms with E-state index >= 15 is 0 Å². The number of thiazole rings is 1. The number of alkyl halides is 3. The Kier molecular flexibility index (Phi) is 6.85. The van der Waals surface area contributed by atoms with Gasteiger partial charge in [0.15, 0.2) is 0 Å². The molecule has 1 aliphatic carbocycles. The van der Waals surface area contributed by atoms with Crippen molar-refractivity contribution in [2.24, 2.45) is 0 Å². The molecule has 1 amide bonds. The van der Waals surface area contributed by atoms with Gasteiger partial charge in [-0.3, -0.25) is 4.79 Å². The number of nitrogens with zero attached hydrogens (tertiary/aromatic N) is 2. The van der Waals surface area contributed by atoms with Crippen LogP contribution in [0.1, 0.15) is 42.8 Å². The molecular formula is C22H22ClF3N4OS. The molecule has 1 saturated carbocycles. The van der Waals surface area contributed by atoms with E-state index in [-0.39, 0.29) is 23.5 Å². The number of benzene rings is 1. The van der Waals surface area contributed by atoms with Crippen molar-refractivity contribution < 1.29 is 18.0 Å². The maximum Gasteiger partial charge on any atom is 0.433 e. The van der Waals surface area contributed by atoms with E-state index in [1.165, 1.54) is 23.5 Å². The van der Waals surface area contributed by atoms with E-state index in [9.17, 15) is 18.0 Å². The summed E-state index contributed by atoms with van der Waals surface area (Å²) in [4.78, 5) is 20.1. The topological polar surface area (TPSA) is 66.9 Å². The van der Waals surface area contributed by atoms with Crippen molar-refractivity contribution in [2.45, 2.75) is 56.8 Å². The van der Waals surface area contributed by atoms with Crippen LogP contribution in [0, 0.1) is 0 Å². The molecule has 2 N–H and O–H groups in total. The van der Waals surface area contributed by atoms with Crippen LogP contribution in [0.4, 0.5) is 18.9 Å². The van der Waals surface area contributed by atoms with E-state index in [1.807, 2.05) is 5.38 Å². The van der Waals surface area contributed by atoms with Crippen molar-refractivity contribution in [3.05, 3.63) is 51.6 Å². The SMILES string of the molecule is O=C(CCc1nccs1)NC1CCC(Nc2cc(C(F)(F)F)nc3ccc(Cl)cc23)CC1. The zero-order valence-corrected chi connectivity index (χ0v) is 18.7. The smallest absolute Gasteiger partial charge is 0.382 e. The number of carbonyl (C=O) groups excluding carboxylic acids is 1. The maximum atomic E-state index is 13.3. The second-order valence-electron chi connectivity index (χ2n) is 7.90. The van der Waals surface area contributed by atoms with Crippen molar-refractivity contribution >= 4 is 45.4 Å². The number of fused-ring (bicyclic) bond motifs is 1. The Balaban J connectivity index is 1.37. The third-order valence-corrected chi connectivity index (χ3v) is 6.64. The first-order valence-electron chi connectivity index (χ1n) is 10.4. The molecule has 0 spiro atoms. The monoisotopic (exact) mass is 482 g/mol. The Bertz CT molecular complexity index is 1080. The summed E-state index contributed by atoms with van der Waals surface area (Å²) in [5.41, 5.74) is -0.315. The molecule has 170 valence electrons. The van der Waals surface area contributed by atoms with Crippen molar-refractivity contribution in [3.8, 4) is 0 Å². The number of hydrogen-bond donors (Lipinski definition) is 2. The number of rotatable bonds is 6. The Morgan fingerprint density at radius 2 is 1.91 bits per heavy atom. The summed E-state index contributed by atoms with van der Waals surface area (Å²) in [6.07, 6.45) is 1.21. The van der Waals surface area contributed by atoms with Crippen molar-refractivity contribution in [2.75, 3.05) is 5.32 Å². The van der Waals surface area contributed by atoms with Gasteiger partial charge in [-0.15, -0.1) is 11.3 Å². The van der Waals surface area contributed by atoms with Gasteiger partial charge in [0, 0.05) is 52.6 Å². The van der Waals surface area contributed by atoms with Crippen LogP contribution in [-0.2, 0) is 17.4 Å². The van der Waals surface area contributed by atoms with Gasteiger partial charge in [-0.05, 0) is 49.9 Å². The lowest BCUT2D eigenvalue weighted by Gasteiger charge is -2.30. The van der Waals surface area contributed by atoms with E-state index < -0.39 is 11.9 Å². The van der Waals surface area contributed by atoms with Gasteiger partial charge in [0.05, 0.1) is 10.5 Å². The van der Waals surface area contributed by atoms with Gasteiger partial charge < -0.3 is 10.6 Å². The Morgan fingerprint density at radius 1 is 1.16 bits per heavy atom. The fourth-order valence-electron chi connectivity index (χ4n) is 3.96. The lowest BCUT2D eigenvalue weighted by atomic mass is 9.90. The highest BCUT2D eigenvalue weighted by Gasteiger charge is 2.34. The molecule has 3 aromatic rings. The summed E-state index contributed by atoms with van der Waals surface area (Å²) in [6, 6.07) is 5.78. The predicted octanol–water partition coefficient (Wildman–Crippen LogP) is 5.84. The Hall–Kier alpha value is -2.39. The molecule has 4 rings (SSSR count). The van der Waals surface area contributed by atoms with Gasteiger partial charge in [0.25, 0.3) is 0 Å². The second-order valence-corrected chi connectivity index (χ2v) is 9.32. The highest BCUT2D eigenvalue weighted by atomic mass is 35.5. The first kappa shape index (κ1) is 22.8. The molecule has 1 aromatic carbocycles. The van der Waals surface area contributed by atoms with Crippen LogP contribution in [0.2, 0.25) is 5.02 Å². The standard InChI is InChI=1S/C22H22ClF3N4OS/c23-13-1-6-17-16(11-13)18(12-19(30-17)22(24,25)26)28-14-2-4-15(5-3-14)29-20(31)7-8-21-27-9-10-32-21/h1,6,9-12,14-15H,2-5,7-8H2,(H,28,30)(H,29,31). The minimum atomic E-state index is -4.54. The molecule has 10 heteroatoms. The average Bonchev–Trinajstić information content (AvgIpc) is 3.27. The van der Waals surface area contributed by atoms with Crippen LogP contribution in [0.15, 0.2) is 35.8 Å².